The molecule has 0 aromatic heterocycles. The molecule has 1 fully saturated rings. The Morgan fingerprint density at radius 3 is 2.38 bits per heavy atom. The fourth-order valence-electron chi connectivity index (χ4n) is 1.91. The predicted molar refractivity (Wildman–Crippen MR) is 64.0 cm³/mol. The van der Waals surface area contributed by atoms with E-state index < -0.39 is 6.04 Å². The van der Waals surface area contributed by atoms with Gasteiger partial charge in [-0.2, -0.15) is 0 Å². The molecule has 0 saturated carbocycles. The van der Waals surface area contributed by atoms with Crippen molar-refractivity contribution in [2.24, 2.45) is 17.4 Å². The Bertz CT molecular complexity index is 271. The molecule has 16 heavy (non-hydrogen) atoms. The van der Waals surface area contributed by atoms with Crippen molar-refractivity contribution in [3.8, 4) is 0 Å². The van der Waals surface area contributed by atoms with Crippen LogP contribution >= 0.6 is 12.4 Å². The molecule has 1 aliphatic heterocycles. The number of carbonyl (C=O) groups is 2. The van der Waals surface area contributed by atoms with Gasteiger partial charge in [-0.25, -0.2) is 0 Å². The van der Waals surface area contributed by atoms with Crippen molar-refractivity contribution in [1.82, 2.24) is 4.90 Å². The molecule has 0 radical (unpaired) electrons. The van der Waals surface area contributed by atoms with Crippen molar-refractivity contribution < 1.29 is 9.59 Å². The highest BCUT2D eigenvalue weighted by molar-refractivity contribution is 5.85. The topological polar surface area (TPSA) is 89.4 Å². The first-order valence-electron chi connectivity index (χ1n) is 5.29. The summed E-state index contributed by atoms with van der Waals surface area (Å²) in [5, 5.41) is 0. The molecule has 0 aromatic rings. The zero-order valence-corrected chi connectivity index (χ0v) is 10.5. The zero-order valence-electron chi connectivity index (χ0n) is 9.68. The van der Waals surface area contributed by atoms with E-state index in [-0.39, 0.29) is 36.2 Å². The Kier molecular flexibility index (Phi) is 5.75. The van der Waals surface area contributed by atoms with Crippen LogP contribution in [0.25, 0.3) is 0 Å². The summed E-state index contributed by atoms with van der Waals surface area (Å²) in [6, 6.07) is -0.363. The van der Waals surface area contributed by atoms with Gasteiger partial charge in [0.2, 0.25) is 11.8 Å². The van der Waals surface area contributed by atoms with E-state index in [2.05, 4.69) is 0 Å². The van der Waals surface area contributed by atoms with E-state index in [1.165, 1.54) is 0 Å². The van der Waals surface area contributed by atoms with Gasteiger partial charge in [0.25, 0.3) is 0 Å². The third kappa shape index (κ3) is 3.35. The van der Waals surface area contributed by atoms with Gasteiger partial charge in [-0.1, -0.05) is 0 Å². The Labute approximate surface area is 102 Å². The molecule has 1 aliphatic rings. The molecule has 0 spiro atoms. The quantitative estimate of drug-likeness (QED) is 0.714. The number of hydrogen-bond acceptors (Lipinski definition) is 3. The van der Waals surface area contributed by atoms with Gasteiger partial charge in [-0.15, -0.1) is 12.4 Å². The molecule has 1 rings (SSSR count). The van der Waals surface area contributed by atoms with E-state index >= 15 is 0 Å². The molecular formula is C10H20ClN3O2. The molecule has 3 atom stereocenters. The Morgan fingerprint density at radius 1 is 1.38 bits per heavy atom. The number of primary amides is 1. The number of hydrogen-bond donors (Lipinski definition) is 2. The SMILES string of the molecule is CC1CCC(C(N)=O)CN1C(=O)[C@H](C)N.Cl. The van der Waals surface area contributed by atoms with Crippen LogP contribution in [0.4, 0.5) is 0 Å². The number of nitrogens with two attached hydrogens (primary N) is 2. The maximum absolute atomic E-state index is 11.7. The molecule has 1 heterocycles. The largest absolute Gasteiger partial charge is 0.369 e. The van der Waals surface area contributed by atoms with Crippen molar-refractivity contribution >= 4 is 24.2 Å². The highest BCUT2D eigenvalue weighted by Crippen LogP contribution is 2.22. The molecule has 5 nitrogen and oxygen atoms in total. The van der Waals surface area contributed by atoms with Crippen LogP contribution in [0.5, 0.6) is 0 Å². The van der Waals surface area contributed by atoms with E-state index in [0.717, 1.165) is 12.8 Å². The summed E-state index contributed by atoms with van der Waals surface area (Å²) in [4.78, 5) is 24.4. The minimum absolute atomic E-state index is 0. The van der Waals surface area contributed by atoms with Crippen molar-refractivity contribution in [3.05, 3.63) is 0 Å². The zero-order chi connectivity index (χ0) is 11.6. The van der Waals surface area contributed by atoms with Gasteiger partial charge in [0.1, 0.15) is 0 Å². The Morgan fingerprint density at radius 2 is 1.94 bits per heavy atom. The number of amides is 2. The molecule has 4 N–H and O–H groups in total. The van der Waals surface area contributed by atoms with Crippen molar-refractivity contribution in [1.29, 1.82) is 0 Å². The second-order valence-corrected chi connectivity index (χ2v) is 4.30. The summed E-state index contributed by atoms with van der Waals surface area (Å²) in [6.07, 6.45) is 1.57. The normalized spacial score (nSPS) is 26.8. The van der Waals surface area contributed by atoms with Crippen LogP contribution in [0.3, 0.4) is 0 Å². The highest BCUT2D eigenvalue weighted by atomic mass is 35.5. The van der Waals surface area contributed by atoms with E-state index in [1.807, 2.05) is 6.92 Å². The smallest absolute Gasteiger partial charge is 0.239 e. The van der Waals surface area contributed by atoms with Crippen LogP contribution in [-0.2, 0) is 9.59 Å². The molecule has 0 aliphatic carbocycles. The molecule has 94 valence electrons. The van der Waals surface area contributed by atoms with Gasteiger partial charge < -0.3 is 16.4 Å². The maximum Gasteiger partial charge on any atom is 0.239 e. The first kappa shape index (κ1) is 15.2. The van der Waals surface area contributed by atoms with Crippen molar-refractivity contribution in [3.63, 3.8) is 0 Å². The minimum atomic E-state index is -0.515. The predicted octanol–water partition coefficient (Wildman–Crippen LogP) is -0.132. The first-order valence-corrected chi connectivity index (χ1v) is 5.29. The van der Waals surface area contributed by atoms with Crippen molar-refractivity contribution in [2.45, 2.75) is 38.8 Å². The number of nitrogens with zero attached hydrogens (tertiary/aromatic N) is 1. The van der Waals surface area contributed by atoms with Crippen LogP contribution in [-0.4, -0.2) is 35.3 Å². The summed E-state index contributed by atoms with van der Waals surface area (Å²) >= 11 is 0. The maximum atomic E-state index is 11.7. The number of halogens is 1. The summed E-state index contributed by atoms with van der Waals surface area (Å²) in [7, 11) is 0. The average molecular weight is 250 g/mol. The van der Waals surface area contributed by atoms with Gasteiger partial charge in [0, 0.05) is 12.6 Å². The molecule has 0 bridgehead atoms. The first-order chi connectivity index (χ1) is 6.93. The fraction of sp³-hybridized carbons (Fsp3) is 0.800. The summed E-state index contributed by atoms with van der Waals surface area (Å²) < 4.78 is 0. The molecular weight excluding hydrogens is 230 g/mol. The second kappa shape index (κ2) is 6.06. The number of likely N-dealkylation sites (tertiary alicyclic amines) is 1. The van der Waals surface area contributed by atoms with Gasteiger partial charge in [-0.3, -0.25) is 9.59 Å². The fourth-order valence-corrected chi connectivity index (χ4v) is 1.91. The lowest BCUT2D eigenvalue weighted by molar-refractivity contribution is -0.138. The van der Waals surface area contributed by atoms with Crippen LogP contribution in [0, 0.1) is 5.92 Å². The van der Waals surface area contributed by atoms with Crippen LogP contribution in [0.2, 0.25) is 0 Å². The minimum Gasteiger partial charge on any atom is -0.369 e. The van der Waals surface area contributed by atoms with Crippen LogP contribution in [0.1, 0.15) is 26.7 Å². The lowest BCUT2D eigenvalue weighted by atomic mass is 9.92. The molecule has 2 amide bonds. The van der Waals surface area contributed by atoms with E-state index in [1.54, 1.807) is 11.8 Å². The van der Waals surface area contributed by atoms with Gasteiger partial charge in [-0.05, 0) is 26.7 Å². The van der Waals surface area contributed by atoms with Crippen LogP contribution < -0.4 is 11.5 Å². The Hall–Kier alpha value is -0.810. The third-order valence-corrected chi connectivity index (χ3v) is 2.96. The number of rotatable bonds is 2. The molecule has 1 saturated heterocycles. The van der Waals surface area contributed by atoms with E-state index in [4.69, 9.17) is 11.5 Å². The number of carbonyl (C=O) groups excluding carboxylic acids is 2. The van der Waals surface area contributed by atoms with Crippen molar-refractivity contribution in [2.75, 3.05) is 6.54 Å². The molecule has 6 heteroatoms. The highest BCUT2D eigenvalue weighted by Gasteiger charge is 2.32. The lowest BCUT2D eigenvalue weighted by Crippen LogP contribution is -2.52. The summed E-state index contributed by atoms with van der Waals surface area (Å²) in [5.74, 6) is -0.651. The standard InChI is InChI=1S/C10H19N3O2.ClH/c1-6-3-4-8(9(12)14)5-13(6)10(15)7(2)11;/h6-8H,3-5,11H2,1-2H3,(H2,12,14);1H/t6?,7-,8?;/m0./s1. The lowest BCUT2D eigenvalue weighted by Gasteiger charge is -2.37. The summed E-state index contributed by atoms with van der Waals surface area (Å²) in [6.45, 7) is 4.04. The number of piperidine rings is 1. The molecule has 2 unspecified atom stereocenters. The third-order valence-electron chi connectivity index (χ3n) is 2.96. The summed E-state index contributed by atoms with van der Waals surface area (Å²) in [5.41, 5.74) is 10.8. The average Bonchev–Trinajstić information content (AvgIpc) is 2.16. The molecule has 0 aromatic carbocycles. The van der Waals surface area contributed by atoms with E-state index in [0.29, 0.717) is 6.54 Å². The van der Waals surface area contributed by atoms with Gasteiger partial charge >= 0.3 is 0 Å². The monoisotopic (exact) mass is 249 g/mol. The van der Waals surface area contributed by atoms with Gasteiger partial charge in [0.05, 0.1) is 12.0 Å². The second-order valence-electron chi connectivity index (χ2n) is 4.30. The van der Waals surface area contributed by atoms with Crippen LogP contribution in [0.15, 0.2) is 0 Å². The van der Waals surface area contributed by atoms with Gasteiger partial charge in [0.15, 0.2) is 0 Å². The van der Waals surface area contributed by atoms with E-state index in [9.17, 15) is 9.59 Å². The Balaban J connectivity index is 0.00000225.